The van der Waals surface area contributed by atoms with Crippen molar-refractivity contribution < 1.29 is 5.11 Å². The third-order valence-corrected chi connectivity index (χ3v) is 4.23. The molecule has 3 nitrogen and oxygen atoms in total. The lowest BCUT2D eigenvalue weighted by Crippen LogP contribution is -2.51. The largest absolute Gasteiger partial charge is 0.391 e. The van der Waals surface area contributed by atoms with Crippen LogP contribution in [0.15, 0.2) is 0 Å². The molecule has 19 heavy (non-hydrogen) atoms. The first kappa shape index (κ1) is 16.9. The van der Waals surface area contributed by atoms with E-state index in [0.29, 0.717) is 17.4 Å². The number of aliphatic hydroxyl groups is 1. The Morgan fingerprint density at radius 3 is 2.37 bits per heavy atom. The van der Waals surface area contributed by atoms with Crippen molar-refractivity contribution in [2.75, 3.05) is 33.7 Å². The summed E-state index contributed by atoms with van der Waals surface area (Å²) in [6, 6.07) is 0.339. The van der Waals surface area contributed by atoms with E-state index in [-0.39, 0.29) is 6.10 Å². The Morgan fingerprint density at radius 2 is 1.84 bits per heavy atom. The van der Waals surface area contributed by atoms with Crippen molar-refractivity contribution in [2.24, 2.45) is 11.3 Å². The van der Waals surface area contributed by atoms with Crippen molar-refractivity contribution in [3.05, 3.63) is 0 Å². The number of hydrogen-bond acceptors (Lipinski definition) is 3. The zero-order chi connectivity index (χ0) is 14.6. The van der Waals surface area contributed by atoms with E-state index in [1.807, 2.05) is 0 Å². The summed E-state index contributed by atoms with van der Waals surface area (Å²) in [4.78, 5) is 4.75. The van der Waals surface area contributed by atoms with Gasteiger partial charge in [-0.1, -0.05) is 27.7 Å². The summed E-state index contributed by atoms with van der Waals surface area (Å²) < 4.78 is 0. The minimum atomic E-state index is -0.145. The van der Waals surface area contributed by atoms with Crippen molar-refractivity contribution in [1.29, 1.82) is 0 Å². The number of likely N-dealkylation sites (N-methyl/N-ethyl adjacent to an activating group) is 1. The van der Waals surface area contributed by atoms with Gasteiger partial charge in [-0.05, 0) is 44.7 Å². The third kappa shape index (κ3) is 5.80. The van der Waals surface area contributed by atoms with E-state index in [0.717, 1.165) is 38.9 Å². The Balaban J connectivity index is 2.70. The van der Waals surface area contributed by atoms with Crippen LogP contribution in [-0.4, -0.2) is 60.8 Å². The van der Waals surface area contributed by atoms with Crippen molar-refractivity contribution in [1.82, 2.24) is 9.80 Å². The van der Waals surface area contributed by atoms with E-state index >= 15 is 0 Å². The molecule has 2 unspecified atom stereocenters. The lowest BCUT2D eigenvalue weighted by molar-refractivity contribution is -0.0228. The Kier molecular flexibility index (Phi) is 6.28. The number of rotatable bonds is 6. The van der Waals surface area contributed by atoms with Gasteiger partial charge in [0, 0.05) is 25.7 Å². The molecule has 0 amide bonds. The van der Waals surface area contributed by atoms with E-state index in [1.165, 1.54) is 0 Å². The summed E-state index contributed by atoms with van der Waals surface area (Å²) in [5, 5.41) is 10.4. The highest BCUT2D eigenvalue weighted by Gasteiger charge is 2.37. The molecule has 0 aromatic rings. The molecular weight excluding hydrogens is 236 g/mol. The van der Waals surface area contributed by atoms with Gasteiger partial charge in [-0.3, -0.25) is 4.90 Å². The number of hydrogen-bond donors (Lipinski definition) is 1. The minimum Gasteiger partial charge on any atom is -0.391 e. The molecule has 2 atom stereocenters. The Bertz CT molecular complexity index is 263. The highest BCUT2D eigenvalue weighted by atomic mass is 16.3. The Morgan fingerprint density at radius 1 is 1.21 bits per heavy atom. The van der Waals surface area contributed by atoms with Gasteiger partial charge in [0.15, 0.2) is 0 Å². The average Bonchev–Trinajstić information content (AvgIpc) is 2.27. The smallest absolute Gasteiger partial charge is 0.0695 e. The van der Waals surface area contributed by atoms with Gasteiger partial charge in [-0.2, -0.15) is 0 Å². The highest BCUT2D eigenvalue weighted by Crippen LogP contribution is 2.37. The average molecular weight is 270 g/mol. The molecule has 1 saturated carbocycles. The van der Waals surface area contributed by atoms with Gasteiger partial charge in [0.2, 0.25) is 0 Å². The summed E-state index contributed by atoms with van der Waals surface area (Å²) in [7, 11) is 4.24. The van der Waals surface area contributed by atoms with Crippen LogP contribution in [0.25, 0.3) is 0 Å². The molecule has 0 aromatic heterocycles. The lowest BCUT2D eigenvalue weighted by Gasteiger charge is -2.45. The molecule has 1 fully saturated rings. The molecule has 114 valence electrons. The van der Waals surface area contributed by atoms with Crippen LogP contribution in [0.4, 0.5) is 0 Å². The van der Waals surface area contributed by atoms with Crippen LogP contribution in [0.5, 0.6) is 0 Å². The van der Waals surface area contributed by atoms with Crippen LogP contribution >= 0.6 is 0 Å². The maximum absolute atomic E-state index is 10.4. The van der Waals surface area contributed by atoms with E-state index in [4.69, 9.17) is 0 Å². The predicted molar refractivity (Wildman–Crippen MR) is 82.4 cm³/mol. The third-order valence-electron chi connectivity index (χ3n) is 4.23. The van der Waals surface area contributed by atoms with E-state index < -0.39 is 0 Å². The molecule has 3 heteroatoms. The molecule has 0 bridgehead atoms. The quantitative estimate of drug-likeness (QED) is 0.803. The van der Waals surface area contributed by atoms with Crippen LogP contribution in [-0.2, 0) is 0 Å². The topological polar surface area (TPSA) is 26.7 Å². The fourth-order valence-electron chi connectivity index (χ4n) is 3.10. The molecule has 0 aliphatic heterocycles. The zero-order valence-corrected chi connectivity index (χ0v) is 13.8. The lowest BCUT2D eigenvalue weighted by atomic mass is 9.73. The minimum absolute atomic E-state index is 0.145. The molecular formula is C16H34N2O. The molecule has 0 saturated heterocycles. The van der Waals surface area contributed by atoms with Gasteiger partial charge in [0.05, 0.1) is 6.10 Å². The van der Waals surface area contributed by atoms with Crippen LogP contribution in [0.2, 0.25) is 0 Å². The monoisotopic (exact) mass is 270 g/mol. The first-order valence-electron chi connectivity index (χ1n) is 7.78. The van der Waals surface area contributed by atoms with E-state index in [9.17, 15) is 5.11 Å². The number of nitrogens with zero attached hydrogens (tertiary/aromatic N) is 2. The maximum Gasteiger partial charge on any atom is 0.0695 e. The van der Waals surface area contributed by atoms with Gasteiger partial charge in [0.1, 0.15) is 0 Å². The Hall–Kier alpha value is -0.120. The van der Waals surface area contributed by atoms with Gasteiger partial charge in [-0.25, -0.2) is 0 Å². The second-order valence-corrected chi connectivity index (χ2v) is 7.73. The van der Waals surface area contributed by atoms with Crippen molar-refractivity contribution in [2.45, 2.75) is 59.1 Å². The molecule has 1 aliphatic carbocycles. The summed E-state index contributed by atoms with van der Waals surface area (Å²) in [5.41, 5.74) is 0.372. The van der Waals surface area contributed by atoms with Gasteiger partial charge in [0.25, 0.3) is 0 Å². The SMILES string of the molecule is CC(C)CN(CCN(C)C)C1CC(C)(C)CCC1O. The predicted octanol–water partition coefficient (Wildman–Crippen LogP) is 2.45. The second-order valence-electron chi connectivity index (χ2n) is 7.73. The normalized spacial score (nSPS) is 27.5. The summed E-state index contributed by atoms with van der Waals surface area (Å²) in [5.74, 6) is 0.652. The van der Waals surface area contributed by atoms with Gasteiger partial charge >= 0.3 is 0 Å². The molecule has 0 radical (unpaired) electrons. The van der Waals surface area contributed by atoms with Crippen LogP contribution in [0, 0.1) is 11.3 Å². The molecule has 0 aromatic carbocycles. The van der Waals surface area contributed by atoms with Crippen molar-refractivity contribution in [3.8, 4) is 0 Å². The fourth-order valence-corrected chi connectivity index (χ4v) is 3.10. The molecule has 0 spiro atoms. The molecule has 1 aliphatic rings. The van der Waals surface area contributed by atoms with Crippen LogP contribution in [0.3, 0.4) is 0 Å². The van der Waals surface area contributed by atoms with Gasteiger partial charge < -0.3 is 10.0 Å². The summed E-state index contributed by atoms with van der Waals surface area (Å²) in [6.45, 7) is 12.4. The molecule has 1 N–H and O–H groups in total. The molecule has 1 rings (SSSR count). The van der Waals surface area contributed by atoms with Crippen LogP contribution < -0.4 is 0 Å². The maximum atomic E-state index is 10.4. The van der Waals surface area contributed by atoms with Gasteiger partial charge in [-0.15, -0.1) is 0 Å². The number of aliphatic hydroxyl groups excluding tert-OH is 1. The first-order chi connectivity index (χ1) is 8.71. The van der Waals surface area contributed by atoms with Crippen molar-refractivity contribution in [3.63, 3.8) is 0 Å². The highest BCUT2D eigenvalue weighted by molar-refractivity contribution is 4.91. The first-order valence-corrected chi connectivity index (χ1v) is 7.78. The fraction of sp³-hybridized carbons (Fsp3) is 1.00. The van der Waals surface area contributed by atoms with Crippen LogP contribution in [0.1, 0.15) is 47.0 Å². The standard InChI is InChI=1S/C16H34N2O/c1-13(2)12-18(10-9-17(5)6)14-11-16(3,4)8-7-15(14)19/h13-15,19H,7-12H2,1-6H3. The Labute approximate surface area is 120 Å². The zero-order valence-electron chi connectivity index (χ0n) is 13.8. The van der Waals surface area contributed by atoms with E-state index in [2.05, 4.69) is 51.6 Å². The summed E-state index contributed by atoms with van der Waals surface area (Å²) in [6.07, 6.45) is 3.07. The van der Waals surface area contributed by atoms with Crippen molar-refractivity contribution >= 4 is 0 Å². The molecule has 0 heterocycles. The van der Waals surface area contributed by atoms with E-state index in [1.54, 1.807) is 0 Å². The second kappa shape index (κ2) is 7.05. The summed E-state index contributed by atoms with van der Waals surface area (Å²) >= 11 is 0.